The Bertz CT molecular complexity index is 498. The summed E-state index contributed by atoms with van der Waals surface area (Å²) in [7, 11) is 0. The van der Waals surface area contributed by atoms with Gasteiger partial charge in [0, 0.05) is 6.54 Å². The zero-order chi connectivity index (χ0) is 15.1. The molecule has 2 rings (SSSR count). The van der Waals surface area contributed by atoms with Crippen molar-refractivity contribution >= 4 is 0 Å². The van der Waals surface area contributed by atoms with Crippen LogP contribution in [0.1, 0.15) is 37.3 Å². The van der Waals surface area contributed by atoms with Crippen molar-refractivity contribution in [2.45, 2.75) is 32.1 Å². The molecule has 0 amide bonds. The second-order valence-corrected chi connectivity index (χ2v) is 5.19. The molecule has 21 heavy (non-hydrogen) atoms. The highest BCUT2D eigenvalue weighted by Gasteiger charge is 2.12. The number of ether oxygens (including phenoxy) is 1. The quantitative estimate of drug-likeness (QED) is 0.784. The number of rotatable bonds is 8. The van der Waals surface area contributed by atoms with Crippen molar-refractivity contribution in [2.24, 2.45) is 0 Å². The third kappa shape index (κ3) is 5.01. The van der Waals surface area contributed by atoms with E-state index >= 15 is 0 Å². The first kappa shape index (κ1) is 15.8. The SMILES string of the molecule is CC(OCC(O)CN[C@@H](C)c1ccco1)c1ccccc1. The molecule has 1 heterocycles. The maximum atomic E-state index is 9.97. The van der Waals surface area contributed by atoms with Crippen LogP contribution in [0.5, 0.6) is 0 Å². The lowest BCUT2D eigenvalue weighted by molar-refractivity contribution is -0.00294. The molecule has 0 radical (unpaired) electrons. The summed E-state index contributed by atoms with van der Waals surface area (Å²) < 4.78 is 11.0. The van der Waals surface area contributed by atoms with Crippen molar-refractivity contribution in [2.75, 3.05) is 13.2 Å². The van der Waals surface area contributed by atoms with Gasteiger partial charge in [-0.25, -0.2) is 0 Å². The fraction of sp³-hybridized carbons (Fsp3) is 0.412. The Labute approximate surface area is 125 Å². The Balaban J connectivity index is 1.69. The Morgan fingerprint density at radius 3 is 2.57 bits per heavy atom. The molecule has 0 aliphatic heterocycles. The van der Waals surface area contributed by atoms with Crippen LogP contribution in [0, 0.1) is 0 Å². The normalized spacial score (nSPS) is 15.6. The maximum absolute atomic E-state index is 9.97. The van der Waals surface area contributed by atoms with Crippen LogP contribution in [-0.4, -0.2) is 24.4 Å². The Morgan fingerprint density at radius 2 is 1.90 bits per heavy atom. The van der Waals surface area contributed by atoms with Gasteiger partial charge in [0.15, 0.2) is 0 Å². The van der Waals surface area contributed by atoms with Gasteiger partial charge in [0.2, 0.25) is 0 Å². The first-order valence-electron chi connectivity index (χ1n) is 7.28. The summed E-state index contributed by atoms with van der Waals surface area (Å²) in [6, 6.07) is 13.8. The molecule has 0 bridgehead atoms. The minimum atomic E-state index is -0.548. The number of benzene rings is 1. The van der Waals surface area contributed by atoms with E-state index in [1.807, 2.05) is 56.3 Å². The highest BCUT2D eigenvalue weighted by molar-refractivity contribution is 5.16. The van der Waals surface area contributed by atoms with Gasteiger partial charge in [-0.1, -0.05) is 30.3 Å². The second kappa shape index (κ2) is 7.98. The van der Waals surface area contributed by atoms with Crippen molar-refractivity contribution in [3.05, 3.63) is 60.1 Å². The van der Waals surface area contributed by atoms with Gasteiger partial charge in [0.05, 0.1) is 31.1 Å². The maximum Gasteiger partial charge on any atom is 0.120 e. The summed E-state index contributed by atoms with van der Waals surface area (Å²) in [4.78, 5) is 0. The van der Waals surface area contributed by atoms with Gasteiger partial charge >= 0.3 is 0 Å². The topological polar surface area (TPSA) is 54.6 Å². The molecule has 0 spiro atoms. The number of hydrogen-bond acceptors (Lipinski definition) is 4. The Kier molecular flexibility index (Phi) is 5.99. The molecule has 114 valence electrons. The van der Waals surface area contributed by atoms with Crippen molar-refractivity contribution in [1.29, 1.82) is 0 Å². The molecule has 1 aromatic carbocycles. The van der Waals surface area contributed by atoms with Gasteiger partial charge in [0.1, 0.15) is 5.76 Å². The molecule has 3 atom stereocenters. The van der Waals surface area contributed by atoms with E-state index in [4.69, 9.17) is 9.15 Å². The summed E-state index contributed by atoms with van der Waals surface area (Å²) in [6.07, 6.45) is 1.08. The number of furan rings is 1. The molecule has 4 nitrogen and oxygen atoms in total. The van der Waals surface area contributed by atoms with Crippen LogP contribution in [0.3, 0.4) is 0 Å². The highest BCUT2D eigenvalue weighted by atomic mass is 16.5. The van der Waals surface area contributed by atoms with Gasteiger partial charge in [-0.15, -0.1) is 0 Å². The monoisotopic (exact) mass is 289 g/mol. The number of aliphatic hydroxyl groups is 1. The number of hydrogen-bond donors (Lipinski definition) is 2. The van der Waals surface area contributed by atoms with Crippen LogP contribution in [0.2, 0.25) is 0 Å². The van der Waals surface area contributed by atoms with Crippen LogP contribution >= 0.6 is 0 Å². The van der Waals surface area contributed by atoms with E-state index in [0.717, 1.165) is 11.3 Å². The van der Waals surface area contributed by atoms with Gasteiger partial charge in [-0.3, -0.25) is 0 Å². The van der Waals surface area contributed by atoms with E-state index in [0.29, 0.717) is 13.2 Å². The van der Waals surface area contributed by atoms with Crippen molar-refractivity contribution in [1.82, 2.24) is 5.32 Å². The average Bonchev–Trinajstić information content (AvgIpc) is 3.05. The van der Waals surface area contributed by atoms with Gasteiger partial charge in [-0.2, -0.15) is 0 Å². The molecule has 0 saturated carbocycles. The largest absolute Gasteiger partial charge is 0.468 e. The van der Waals surface area contributed by atoms with E-state index in [-0.39, 0.29) is 12.1 Å². The van der Waals surface area contributed by atoms with Crippen molar-refractivity contribution in [3.8, 4) is 0 Å². The lowest BCUT2D eigenvalue weighted by Gasteiger charge is -2.18. The summed E-state index contributed by atoms with van der Waals surface area (Å²) in [5.41, 5.74) is 1.11. The summed E-state index contributed by atoms with van der Waals surface area (Å²) in [6.45, 7) is 4.75. The molecule has 2 aromatic rings. The second-order valence-electron chi connectivity index (χ2n) is 5.19. The zero-order valence-electron chi connectivity index (χ0n) is 12.5. The van der Waals surface area contributed by atoms with E-state index in [2.05, 4.69) is 5.32 Å². The Hall–Kier alpha value is -1.62. The van der Waals surface area contributed by atoms with Crippen LogP contribution in [0.15, 0.2) is 53.1 Å². The third-order valence-electron chi connectivity index (χ3n) is 3.44. The zero-order valence-corrected chi connectivity index (χ0v) is 12.5. The van der Waals surface area contributed by atoms with Crippen LogP contribution in [0.4, 0.5) is 0 Å². The predicted molar refractivity (Wildman–Crippen MR) is 81.9 cm³/mol. The average molecular weight is 289 g/mol. The lowest BCUT2D eigenvalue weighted by atomic mass is 10.1. The van der Waals surface area contributed by atoms with Gasteiger partial charge in [0.25, 0.3) is 0 Å². The minimum absolute atomic E-state index is 0.0247. The highest BCUT2D eigenvalue weighted by Crippen LogP contribution is 2.16. The molecule has 0 aliphatic carbocycles. The molecule has 0 saturated heterocycles. The molecular formula is C17H23NO3. The van der Waals surface area contributed by atoms with Gasteiger partial charge < -0.3 is 19.6 Å². The van der Waals surface area contributed by atoms with Gasteiger partial charge in [-0.05, 0) is 31.5 Å². The molecule has 4 heteroatoms. The predicted octanol–water partition coefficient (Wildman–Crippen LogP) is 3.07. The third-order valence-corrected chi connectivity index (χ3v) is 3.44. The van der Waals surface area contributed by atoms with E-state index < -0.39 is 6.10 Å². The summed E-state index contributed by atoms with van der Waals surface area (Å²) in [5, 5.41) is 13.2. The van der Waals surface area contributed by atoms with Crippen LogP contribution < -0.4 is 5.32 Å². The fourth-order valence-electron chi connectivity index (χ4n) is 2.09. The standard InChI is InChI=1S/C17H23NO3/c1-13(17-9-6-10-20-17)18-11-16(19)12-21-14(2)15-7-4-3-5-8-15/h3-10,13-14,16,18-19H,11-12H2,1-2H3/t13-,14?,16?/m0/s1. The van der Waals surface area contributed by atoms with Crippen molar-refractivity contribution in [3.63, 3.8) is 0 Å². The number of nitrogens with one attached hydrogen (secondary N) is 1. The smallest absolute Gasteiger partial charge is 0.120 e. The molecule has 0 aliphatic rings. The fourth-order valence-corrected chi connectivity index (χ4v) is 2.09. The van der Waals surface area contributed by atoms with E-state index in [1.165, 1.54) is 0 Å². The minimum Gasteiger partial charge on any atom is -0.468 e. The summed E-state index contributed by atoms with van der Waals surface area (Å²) in [5.74, 6) is 0.862. The van der Waals surface area contributed by atoms with Crippen LogP contribution in [0.25, 0.3) is 0 Å². The number of aliphatic hydroxyl groups excluding tert-OH is 1. The first-order chi connectivity index (χ1) is 10.2. The molecule has 2 N–H and O–H groups in total. The Morgan fingerprint density at radius 1 is 1.14 bits per heavy atom. The molecule has 1 aromatic heterocycles. The molecule has 2 unspecified atom stereocenters. The van der Waals surface area contributed by atoms with Crippen molar-refractivity contribution < 1.29 is 14.3 Å². The first-order valence-corrected chi connectivity index (χ1v) is 7.28. The van der Waals surface area contributed by atoms with E-state index in [1.54, 1.807) is 6.26 Å². The molecular weight excluding hydrogens is 266 g/mol. The summed E-state index contributed by atoms with van der Waals surface area (Å²) >= 11 is 0. The lowest BCUT2D eigenvalue weighted by Crippen LogP contribution is -2.32. The molecule has 0 fully saturated rings. The van der Waals surface area contributed by atoms with E-state index in [9.17, 15) is 5.11 Å². The van der Waals surface area contributed by atoms with Crippen LogP contribution in [-0.2, 0) is 4.74 Å².